The number of amides is 1. The van der Waals surface area contributed by atoms with Crippen molar-refractivity contribution in [1.29, 1.82) is 0 Å². The van der Waals surface area contributed by atoms with E-state index in [-0.39, 0.29) is 11.9 Å². The number of carbonyl (C=O) groups excluding carboxylic acids is 1. The van der Waals surface area contributed by atoms with Crippen molar-refractivity contribution in [3.05, 3.63) is 76.0 Å². The number of benzene rings is 2. The number of ether oxygens (including phenoxy) is 2. The van der Waals surface area contributed by atoms with E-state index in [1.807, 2.05) is 55.5 Å². The first-order chi connectivity index (χ1) is 22.2. The van der Waals surface area contributed by atoms with Gasteiger partial charge in [-0.05, 0) is 19.4 Å². The van der Waals surface area contributed by atoms with E-state index in [0.29, 0.717) is 83.6 Å². The molecule has 10 nitrogen and oxygen atoms in total. The molecule has 0 spiro atoms. The predicted molar refractivity (Wildman–Crippen MR) is 178 cm³/mol. The van der Waals surface area contributed by atoms with E-state index in [4.69, 9.17) is 42.6 Å². The third-order valence-corrected chi connectivity index (χ3v) is 9.08. The van der Waals surface area contributed by atoms with Gasteiger partial charge in [0, 0.05) is 73.0 Å². The van der Waals surface area contributed by atoms with Crippen LogP contribution in [-0.2, 0) is 17.9 Å². The summed E-state index contributed by atoms with van der Waals surface area (Å²) in [5.74, 6) is 1.01. The van der Waals surface area contributed by atoms with Gasteiger partial charge < -0.3 is 25.2 Å². The molecule has 0 unspecified atom stereocenters. The molecule has 240 valence electrons. The monoisotopic (exact) mass is 662 g/mol. The maximum Gasteiger partial charge on any atom is 0.237 e. The van der Waals surface area contributed by atoms with Gasteiger partial charge in [0.2, 0.25) is 17.7 Å². The lowest BCUT2D eigenvalue weighted by Crippen LogP contribution is -2.59. The zero-order valence-corrected chi connectivity index (χ0v) is 27.5. The van der Waals surface area contributed by atoms with Crippen LogP contribution in [0.25, 0.3) is 33.6 Å². The van der Waals surface area contributed by atoms with Crippen LogP contribution in [0, 0.1) is 0 Å². The summed E-state index contributed by atoms with van der Waals surface area (Å²) in [7, 11) is 3.16. The van der Waals surface area contributed by atoms with Crippen molar-refractivity contribution in [2.45, 2.75) is 44.5 Å². The van der Waals surface area contributed by atoms with Gasteiger partial charge in [0.1, 0.15) is 5.69 Å². The maximum absolute atomic E-state index is 11.5. The number of aliphatic hydroxyl groups is 1. The number of rotatable bonds is 11. The molecule has 2 fully saturated rings. The second-order valence-corrected chi connectivity index (χ2v) is 12.7. The molecule has 0 radical (unpaired) electrons. The van der Waals surface area contributed by atoms with Gasteiger partial charge in [0.25, 0.3) is 0 Å². The summed E-state index contributed by atoms with van der Waals surface area (Å²) in [6, 6.07) is 15.5. The second kappa shape index (κ2) is 13.5. The van der Waals surface area contributed by atoms with Crippen molar-refractivity contribution >= 4 is 29.1 Å². The number of methoxy groups -OCH3 is 2. The van der Waals surface area contributed by atoms with Gasteiger partial charge in [-0.3, -0.25) is 14.7 Å². The molecule has 2 aromatic carbocycles. The Morgan fingerprint density at radius 1 is 0.957 bits per heavy atom. The van der Waals surface area contributed by atoms with Crippen LogP contribution in [0.4, 0.5) is 0 Å². The minimum atomic E-state index is -0.674. The molecular weight excluding hydrogens is 627 g/mol. The first-order valence-corrected chi connectivity index (χ1v) is 15.9. The van der Waals surface area contributed by atoms with Crippen LogP contribution in [0.5, 0.6) is 11.8 Å². The average molecular weight is 664 g/mol. The van der Waals surface area contributed by atoms with Crippen molar-refractivity contribution in [3.8, 4) is 45.4 Å². The minimum absolute atomic E-state index is 0.0976. The number of nitrogens with zero attached hydrogens (tertiary/aromatic N) is 4. The molecule has 0 aliphatic carbocycles. The number of hydrogen-bond donors (Lipinski definition) is 3. The largest absolute Gasteiger partial charge is 0.481 e. The molecule has 2 aliphatic rings. The first kappa shape index (κ1) is 32.2. The maximum atomic E-state index is 11.5. The molecular formula is C34H36Cl2N6O4. The Morgan fingerprint density at radius 3 is 2.20 bits per heavy atom. The molecule has 2 aliphatic heterocycles. The van der Waals surface area contributed by atoms with E-state index < -0.39 is 5.60 Å². The molecule has 0 saturated carbocycles. The highest BCUT2D eigenvalue weighted by Crippen LogP contribution is 2.42. The van der Waals surface area contributed by atoms with Crippen LogP contribution in [0.3, 0.4) is 0 Å². The molecule has 1 amide bonds. The highest BCUT2D eigenvalue weighted by molar-refractivity contribution is 6.39. The Hall–Kier alpha value is -3.80. The topological polar surface area (TPSA) is 122 Å². The third-order valence-electron chi connectivity index (χ3n) is 8.27. The van der Waals surface area contributed by atoms with Crippen molar-refractivity contribution in [1.82, 2.24) is 30.5 Å². The molecule has 4 heterocycles. The van der Waals surface area contributed by atoms with Crippen molar-refractivity contribution in [3.63, 3.8) is 0 Å². The first-order valence-electron chi connectivity index (χ1n) is 15.1. The molecule has 2 saturated heterocycles. The Labute approximate surface area is 278 Å². The van der Waals surface area contributed by atoms with Gasteiger partial charge in [-0.15, -0.1) is 0 Å². The number of hydrogen-bond acceptors (Lipinski definition) is 9. The van der Waals surface area contributed by atoms with Gasteiger partial charge in [-0.1, -0.05) is 65.7 Å². The lowest BCUT2D eigenvalue weighted by Gasteiger charge is -2.44. The van der Waals surface area contributed by atoms with E-state index in [2.05, 4.69) is 20.5 Å². The van der Waals surface area contributed by atoms with Gasteiger partial charge in [-0.25, -0.2) is 9.97 Å². The SMILES string of the molecule is COc1nc(-c2cccc(-c3cccc(-c4cnc(CN5CC(C)(O)C5)c(OC)n4)c3Cl)c2Cl)ccc1CNC[C@@H]1CCC(=O)N1. The van der Waals surface area contributed by atoms with Gasteiger partial charge >= 0.3 is 0 Å². The minimum Gasteiger partial charge on any atom is -0.481 e. The molecule has 4 aromatic rings. The number of nitrogens with one attached hydrogen (secondary N) is 2. The molecule has 3 N–H and O–H groups in total. The van der Waals surface area contributed by atoms with E-state index >= 15 is 0 Å². The number of carbonyl (C=O) groups is 1. The molecule has 0 bridgehead atoms. The summed E-state index contributed by atoms with van der Waals surface area (Å²) >= 11 is 14.1. The zero-order valence-electron chi connectivity index (χ0n) is 25.9. The lowest BCUT2D eigenvalue weighted by atomic mass is 9.97. The predicted octanol–water partition coefficient (Wildman–Crippen LogP) is 5.13. The summed E-state index contributed by atoms with van der Waals surface area (Å²) in [4.78, 5) is 27.7. The van der Waals surface area contributed by atoms with Crippen LogP contribution in [0.15, 0.2) is 54.7 Å². The van der Waals surface area contributed by atoms with E-state index in [1.165, 1.54) is 0 Å². The Balaban J connectivity index is 1.24. The summed E-state index contributed by atoms with van der Waals surface area (Å²) in [5, 5.41) is 17.4. The summed E-state index contributed by atoms with van der Waals surface area (Å²) in [6.45, 7) is 4.71. The molecule has 1 atom stereocenters. The molecule has 2 aromatic heterocycles. The summed E-state index contributed by atoms with van der Waals surface area (Å²) < 4.78 is 11.2. The van der Waals surface area contributed by atoms with E-state index in [0.717, 1.165) is 28.7 Å². The highest BCUT2D eigenvalue weighted by Gasteiger charge is 2.37. The fraction of sp³-hybridized carbons (Fsp3) is 0.353. The zero-order chi connectivity index (χ0) is 32.4. The fourth-order valence-corrected chi connectivity index (χ4v) is 6.71. The van der Waals surface area contributed by atoms with Gasteiger partial charge in [0.05, 0.1) is 47.5 Å². The van der Waals surface area contributed by atoms with Crippen LogP contribution in [0.2, 0.25) is 10.0 Å². The quantitative estimate of drug-likeness (QED) is 0.201. The Kier molecular flexibility index (Phi) is 9.44. The van der Waals surface area contributed by atoms with E-state index in [9.17, 15) is 9.90 Å². The number of halogens is 2. The average Bonchev–Trinajstić information content (AvgIpc) is 3.45. The standard InChI is InChI=1S/C34H36Cl2N6O4/c1-34(44)18-42(19-34)17-28-33(46-3)41-27(16-38-28)25-9-5-7-23(31(25)36)22-6-4-8-24(30(22)35)26-12-10-20(32(40-26)45-2)14-37-15-21-11-13-29(43)39-21/h4-10,12,16,21,37,44H,11,13-15,17-19H2,1-3H3,(H,39,43)/t21-/m0/s1. The fourth-order valence-electron chi connectivity index (χ4n) is 6.06. The smallest absolute Gasteiger partial charge is 0.237 e. The highest BCUT2D eigenvalue weighted by atomic mass is 35.5. The number of pyridine rings is 1. The van der Waals surface area contributed by atoms with Gasteiger partial charge in [0.15, 0.2) is 0 Å². The third kappa shape index (κ3) is 6.82. The number of β-amino-alcohol motifs (C(OH)–C–C–N with tert-alkyl or cyclic N) is 1. The Morgan fingerprint density at radius 2 is 1.59 bits per heavy atom. The van der Waals surface area contributed by atoms with Crippen LogP contribution in [-0.4, -0.2) is 76.4 Å². The van der Waals surface area contributed by atoms with Crippen molar-refractivity contribution in [2.24, 2.45) is 0 Å². The van der Waals surface area contributed by atoms with Crippen LogP contribution in [0.1, 0.15) is 31.0 Å². The van der Waals surface area contributed by atoms with Gasteiger partial charge in [-0.2, -0.15) is 0 Å². The molecule has 12 heteroatoms. The van der Waals surface area contributed by atoms with Crippen LogP contribution >= 0.6 is 23.2 Å². The summed E-state index contributed by atoms with van der Waals surface area (Å²) in [5.41, 5.74) is 5.07. The van der Waals surface area contributed by atoms with Crippen LogP contribution < -0.4 is 20.1 Å². The second-order valence-electron chi connectivity index (χ2n) is 12.0. The molecule has 6 rings (SSSR count). The number of likely N-dealkylation sites (tertiary alicyclic amines) is 1. The number of aromatic nitrogens is 3. The van der Waals surface area contributed by atoms with Crippen molar-refractivity contribution in [2.75, 3.05) is 33.9 Å². The summed E-state index contributed by atoms with van der Waals surface area (Å²) in [6.07, 6.45) is 3.10. The van der Waals surface area contributed by atoms with E-state index in [1.54, 1.807) is 20.4 Å². The Bertz CT molecular complexity index is 1760. The normalized spacial score (nSPS) is 17.4. The lowest BCUT2D eigenvalue weighted by molar-refractivity contribution is -0.119. The van der Waals surface area contributed by atoms with Crippen molar-refractivity contribution < 1.29 is 19.4 Å². The molecule has 46 heavy (non-hydrogen) atoms.